The van der Waals surface area contributed by atoms with Gasteiger partial charge in [0.25, 0.3) is 0 Å². The van der Waals surface area contributed by atoms with Crippen molar-refractivity contribution in [2.45, 2.75) is 32.7 Å². The first-order chi connectivity index (χ1) is 6.52. The van der Waals surface area contributed by atoms with Crippen molar-refractivity contribution in [3.05, 3.63) is 0 Å². The molecule has 1 aliphatic rings. The standard InChI is InChI=1S/C9H14N2O3/c1-6(9(14)10-7(2)12)11-5-3-4-8(11)13/h6H,3-5H2,1-2H3,(H,10,12,14). The minimum atomic E-state index is -0.547. The van der Waals surface area contributed by atoms with Gasteiger partial charge in [-0.3, -0.25) is 19.7 Å². The van der Waals surface area contributed by atoms with Crippen LogP contribution in [0.4, 0.5) is 0 Å². The maximum absolute atomic E-state index is 11.4. The number of carbonyl (C=O) groups is 3. The van der Waals surface area contributed by atoms with Crippen LogP contribution in [-0.4, -0.2) is 35.2 Å². The third-order valence-electron chi connectivity index (χ3n) is 2.26. The van der Waals surface area contributed by atoms with E-state index >= 15 is 0 Å². The highest BCUT2D eigenvalue weighted by Gasteiger charge is 2.29. The average molecular weight is 198 g/mol. The van der Waals surface area contributed by atoms with E-state index in [1.165, 1.54) is 11.8 Å². The van der Waals surface area contributed by atoms with Crippen molar-refractivity contribution in [1.29, 1.82) is 0 Å². The maximum Gasteiger partial charge on any atom is 0.249 e. The van der Waals surface area contributed by atoms with Crippen molar-refractivity contribution in [2.75, 3.05) is 6.54 Å². The Labute approximate surface area is 82.4 Å². The van der Waals surface area contributed by atoms with Crippen LogP contribution in [0.2, 0.25) is 0 Å². The summed E-state index contributed by atoms with van der Waals surface area (Å²) in [6.07, 6.45) is 1.29. The summed E-state index contributed by atoms with van der Waals surface area (Å²) in [6, 6.07) is -0.547. The number of hydrogen-bond donors (Lipinski definition) is 1. The van der Waals surface area contributed by atoms with Crippen LogP contribution >= 0.6 is 0 Å². The molecule has 1 unspecified atom stereocenters. The highest BCUT2D eigenvalue weighted by molar-refractivity contribution is 5.98. The first-order valence-corrected chi connectivity index (χ1v) is 4.63. The van der Waals surface area contributed by atoms with Gasteiger partial charge >= 0.3 is 0 Å². The van der Waals surface area contributed by atoms with Crippen molar-refractivity contribution >= 4 is 17.7 Å². The number of likely N-dealkylation sites (tertiary alicyclic amines) is 1. The van der Waals surface area contributed by atoms with Gasteiger partial charge in [0.2, 0.25) is 17.7 Å². The van der Waals surface area contributed by atoms with E-state index in [1.54, 1.807) is 6.92 Å². The number of nitrogens with one attached hydrogen (secondary N) is 1. The van der Waals surface area contributed by atoms with Gasteiger partial charge in [-0.05, 0) is 13.3 Å². The fourth-order valence-corrected chi connectivity index (χ4v) is 1.50. The molecule has 0 aromatic heterocycles. The molecule has 1 rings (SSSR count). The van der Waals surface area contributed by atoms with Crippen LogP contribution in [0.15, 0.2) is 0 Å². The molecule has 1 N–H and O–H groups in total. The second-order valence-corrected chi connectivity index (χ2v) is 3.41. The van der Waals surface area contributed by atoms with E-state index in [0.29, 0.717) is 13.0 Å². The fourth-order valence-electron chi connectivity index (χ4n) is 1.50. The molecule has 0 bridgehead atoms. The average Bonchev–Trinajstić information content (AvgIpc) is 2.48. The Kier molecular flexibility index (Phi) is 3.22. The van der Waals surface area contributed by atoms with Crippen LogP contribution in [0.5, 0.6) is 0 Å². The number of hydrogen-bond acceptors (Lipinski definition) is 3. The summed E-state index contributed by atoms with van der Waals surface area (Å²) in [7, 11) is 0. The molecule has 1 fully saturated rings. The second-order valence-electron chi connectivity index (χ2n) is 3.41. The minimum Gasteiger partial charge on any atom is -0.331 e. The summed E-state index contributed by atoms with van der Waals surface area (Å²) in [6.45, 7) is 3.50. The van der Waals surface area contributed by atoms with Gasteiger partial charge in [0, 0.05) is 19.9 Å². The van der Waals surface area contributed by atoms with Gasteiger partial charge in [-0.25, -0.2) is 0 Å². The van der Waals surface area contributed by atoms with Gasteiger partial charge < -0.3 is 4.90 Å². The predicted octanol–water partition coefficient (Wildman–Crippen LogP) is -0.340. The Morgan fingerprint density at radius 2 is 2.14 bits per heavy atom. The molecule has 78 valence electrons. The minimum absolute atomic E-state index is 0.0174. The largest absolute Gasteiger partial charge is 0.331 e. The molecule has 5 nitrogen and oxygen atoms in total. The van der Waals surface area contributed by atoms with Crippen LogP contribution in [-0.2, 0) is 14.4 Å². The number of carbonyl (C=O) groups excluding carboxylic acids is 3. The van der Waals surface area contributed by atoms with Crippen LogP contribution in [0.25, 0.3) is 0 Å². The lowest BCUT2D eigenvalue weighted by Gasteiger charge is -2.22. The van der Waals surface area contributed by atoms with E-state index in [0.717, 1.165) is 6.42 Å². The SMILES string of the molecule is CC(=O)NC(=O)C(C)N1CCCC1=O. The Morgan fingerprint density at radius 3 is 2.57 bits per heavy atom. The Hall–Kier alpha value is -1.39. The molecular formula is C9H14N2O3. The van der Waals surface area contributed by atoms with Crippen molar-refractivity contribution in [3.8, 4) is 0 Å². The molecule has 1 heterocycles. The number of amides is 3. The summed E-state index contributed by atoms with van der Waals surface area (Å²) >= 11 is 0. The van der Waals surface area contributed by atoms with Gasteiger partial charge in [-0.1, -0.05) is 0 Å². The Balaban J connectivity index is 2.55. The van der Waals surface area contributed by atoms with Crippen LogP contribution in [0.3, 0.4) is 0 Å². The Morgan fingerprint density at radius 1 is 1.50 bits per heavy atom. The molecule has 14 heavy (non-hydrogen) atoms. The van der Waals surface area contributed by atoms with Gasteiger partial charge in [0.1, 0.15) is 6.04 Å². The van der Waals surface area contributed by atoms with Crippen LogP contribution < -0.4 is 5.32 Å². The maximum atomic E-state index is 11.4. The molecule has 1 saturated heterocycles. The molecule has 0 saturated carbocycles. The molecule has 0 radical (unpaired) electrons. The molecule has 3 amide bonds. The summed E-state index contributed by atoms with van der Waals surface area (Å²) in [5, 5.41) is 2.17. The number of rotatable bonds is 2. The zero-order chi connectivity index (χ0) is 10.7. The molecular weight excluding hydrogens is 184 g/mol. The van der Waals surface area contributed by atoms with Crippen LogP contribution in [0.1, 0.15) is 26.7 Å². The van der Waals surface area contributed by atoms with Gasteiger partial charge in [-0.2, -0.15) is 0 Å². The monoisotopic (exact) mass is 198 g/mol. The lowest BCUT2D eigenvalue weighted by atomic mass is 10.3. The van der Waals surface area contributed by atoms with Crippen molar-refractivity contribution in [3.63, 3.8) is 0 Å². The third kappa shape index (κ3) is 2.31. The summed E-state index contributed by atoms with van der Waals surface area (Å²) in [5.41, 5.74) is 0. The normalized spacial score (nSPS) is 18.1. The smallest absolute Gasteiger partial charge is 0.249 e. The van der Waals surface area contributed by atoms with Gasteiger partial charge in [0.15, 0.2) is 0 Å². The lowest BCUT2D eigenvalue weighted by molar-refractivity contribution is -0.139. The first kappa shape index (κ1) is 10.7. The highest BCUT2D eigenvalue weighted by Crippen LogP contribution is 2.13. The molecule has 0 aliphatic carbocycles. The van der Waals surface area contributed by atoms with Crippen LogP contribution in [0, 0.1) is 0 Å². The summed E-state index contributed by atoms with van der Waals surface area (Å²) in [5.74, 6) is -0.822. The van der Waals surface area contributed by atoms with Gasteiger partial charge in [-0.15, -0.1) is 0 Å². The topological polar surface area (TPSA) is 66.5 Å². The Bertz CT molecular complexity index is 275. The molecule has 1 atom stereocenters. The van der Waals surface area contributed by atoms with E-state index in [-0.39, 0.29) is 5.91 Å². The fraction of sp³-hybridized carbons (Fsp3) is 0.667. The third-order valence-corrected chi connectivity index (χ3v) is 2.26. The van der Waals surface area contributed by atoms with E-state index < -0.39 is 17.9 Å². The van der Waals surface area contributed by atoms with Crippen molar-refractivity contribution in [2.24, 2.45) is 0 Å². The highest BCUT2D eigenvalue weighted by atomic mass is 16.2. The molecule has 0 aromatic carbocycles. The second kappa shape index (κ2) is 4.21. The molecule has 0 aromatic rings. The molecule has 5 heteroatoms. The number of nitrogens with zero attached hydrogens (tertiary/aromatic N) is 1. The van der Waals surface area contributed by atoms with E-state index in [4.69, 9.17) is 0 Å². The van der Waals surface area contributed by atoms with Gasteiger partial charge in [0.05, 0.1) is 0 Å². The van der Waals surface area contributed by atoms with Crippen molar-refractivity contribution in [1.82, 2.24) is 10.2 Å². The van der Waals surface area contributed by atoms with E-state index in [2.05, 4.69) is 5.32 Å². The molecule has 0 spiro atoms. The zero-order valence-corrected chi connectivity index (χ0v) is 8.37. The zero-order valence-electron chi connectivity index (χ0n) is 8.37. The van der Waals surface area contributed by atoms with E-state index in [9.17, 15) is 14.4 Å². The predicted molar refractivity (Wildman–Crippen MR) is 49.2 cm³/mol. The molecule has 1 aliphatic heterocycles. The quantitative estimate of drug-likeness (QED) is 0.660. The van der Waals surface area contributed by atoms with Crippen molar-refractivity contribution < 1.29 is 14.4 Å². The lowest BCUT2D eigenvalue weighted by Crippen LogP contribution is -2.46. The summed E-state index contributed by atoms with van der Waals surface area (Å²) < 4.78 is 0. The number of imide groups is 1. The summed E-state index contributed by atoms with van der Waals surface area (Å²) in [4.78, 5) is 34.7. The van der Waals surface area contributed by atoms with E-state index in [1.807, 2.05) is 0 Å². The first-order valence-electron chi connectivity index (χ1n) is 4.63.